The average molecular weight is 258 g/mol. The number of benzene rings is 1. The second kappa shape index (κ2) is 7.00. The van der Waals surface area contributed by atoms with Gasteiger partial charge in [-0.1, -0.05) is 52.0 Å². The van der Waals surface area contributed by atoms with Crippen molar-refractivity contribution in [2.75, 3.05) is 0 Å². The van der Waals surface area contributed by atoms with Gasteiger partial charge in [-0.15, -0.1) is 12.4 Å². The summed E-state index contributed by atoms with van der Waals surface area (Å²) in [5, 5.41) is 9.90. The molecule has 0 aromatic heterocycles. The maximum atomic E-state index is 9.90. The molecular formula is C14H24ClNO. The zero-order valence-corrected chi connectivity index (χ0v) is 11.9. The van der Waals surface area contributed by atoms with Crippen LogP contribution >= 0.6 is 12.4 Å². The summed E-state index contributed by atoms with van der Waals surface area (Å²) in [6, 6.07) is 7.93. The van der Waals surface area contributed by atoms with E-state index in [1.807, 2.05) is 26.0 Å². The van der Waals surface area contributed by atoms with Crippen LogP contribution in [0.4, 0.5) is 0 Å². The Kier molecular flexibility index (Phi) is 6.76. The fraction of sp³-hybridized carbons (Fsp3) is 0.571. The second-order valence-corrected chi connectivity index (χ2v) is 5.08. The van der Waals surface area contributed by atoms with Crippen molar-refractivity contribution >= 4 is 12.4 Å². The molecule has 17 heavy (non-hydrogen) atoms. The molecule has 0 bridgehead atoms. The highest BCUT2D eigenvalue weighted by Gasteiger charge is 2.19. The minimum atomic E-state index is -0.482. The Morgan fingerprint density at radius 3 is 1.71 bits per heavy atom. The molecule has 0 spiro atoms. The fourth-order valence-electron chi connectivity index (χ4n) is 1.71. The maximum absolute atomic E-state index is 9.90. The molecular weight excluding hydrogens is 234 g/mol. The Morgan fingerprint density at radius 2 is 1.35 bits per heavy atom. The number of nitrogens with two attached hydrogens (primary N) is 1. The topological polar surface area (TPSA) is 46.2 Å². The van der Waals surface area contributed by atoms with Gasteiger partial charge in [0.2, 0.25) is 0 Å². The highest BCUT2D eigenvalue weighted by molar-refractivity contribution is 5.85. The van der Waals surface area contributed by atoms with Crippen LogP contribution in [0.25, 0.3) is 0 Å². The molecule has 0 aliphatic rings. The van der Waals surface area contributed by atoms with Crippen LogP contribution in [-0.2, 0) is 0 Å². The lowest BCUT2D eigenvalue weighted by atomic mass is 9.92. The molecule has 2 nitrogen and oxygen atoms in total. The van der Waals surface area contributed by atoms with E-state index in [1.165, 1.54) is 5.56 Å². The van der Waals surface area contributed by atoms with Gasteiger partial charge in [-0.05, 0) is 23.0 Å². The molecule has 0 saturated carbocycles. The first-order chi connectivity index (χ1) is 7.43. The first-order valence-corrected chi connectivity index (χ1v) is 5.97. The summed E-state index contributed by atoms with van der Waals surface area (Å²) in [7, 11) is 0. The smallest absolute Gasteiger partial charge is 0.0755 e. The van der Waals surface area contributed by atoms with E-state index in [0.717, 1.165) is 5.56 Å². The van der Waals surface area contributed by atoms with Gasteiger partial charge in [0.15, 0.2) is 0 Å². The quantitative estimate of drug-likeness (QED) is 0.870. The van der Waals surface area contributed by atoms with E-state index in [-0.39, 0.29) is 24.4 Å². The number of rotatable bonds is 4. The summed E-state index contributed by atoms with van der Waals surface area (Å²) in [4.78, 5) is 0. The third kappa shape index (κ3) is 4.30. The van der Waals surface area contributed by atoms with E-state index in [1.54, 1.807) is 0 Å². The van der Waals surface area contributed by atoms with E-state index in [9.17, 15) is 5.11 Å². The number of aliphatic hydroxyl groups is 1. The summed E-state index contributed by atoms with van der Waals surface area (Å²) < 4.78 is 0. The van der Waals surface area contributed by atoms with Crippen molar-refractivity contribution in [3.63, 3.8) is 0 Å². The van der Waals surface area contributed by atoms with Crippen molar-refractivity contribution in [2.45, 2.75) is 45.8 Å². The van der Waals surface area contributed by atoms with Gasteiger partial charge in [-0.3, -0.25) is 0 Å². The zero-order chi connectivity index (χ0) is 12.3. The Balaban J connectivity index is 0.00000256. The molecule has 98 valence electrons. The van der Waals surface area contributed by atoms with Crippen LogP contribution in [0.15, 0.2) is 24.3 Å². The molecule has 2 atom stereocenters. The summed E-state index contributed by atoms with van der Waals surface area (Å²) in [5.74, 6) is 0.708. The largest absolute Gasteiger partial charge is 0.391 e. The van der Waals surface area contributed by atoms with Crippen molar-refractivity contribution in [1.29, 1.82) is 0 Å². The molecule has 0 fully saturated rings. The van der Waals surface area contributed by atoms with Gasteiger partial charge in [0, 0.05) is 0 Å². The van der Waals surface area contributed by atoms with E-state index >= 15 is 0 Å². The molecule has 0 unspecified atom stereocenters. The Bertz CT molecular complexity index is 321. The number of hydrogen-bond acceptors (Lipinski definition) is 2. The SMILES string of the molecule is CC(C)c1ccc([C@H](N)[C@H](O)C(C)C)cc1.Cl. The number of halogens is 1. The van der Waals surface area contributed by atoms with Gasteiger partial charge >= 0.3 is 0 Å². The summed E-state index contributed by atoms with van der Waals surface area (Å²) >= 11 is 0. The lowest BCUT2D eigenvalue weighted by Gasteiger charge is -2.22. The number of hydrogen-bond donors (Lipinski definition) is 2. The van der Waals surface area contributed by atoms with Gasteiger partial charge in [0.1, 0.15) is 0 Å². The van der Waals surface area contributed by atoms with Crippen LogP contribution in [-0.4, -0.2) is 11.2 Å². The first-order valence-electron chi connectivity index (χ1n) is 5.97. The second-order valence-electron chi connectivity index (χ2n) is 5.08. The summed E-state index contributed by atoms with van der Waals surface area (Å²) in [6.07, 6.45) is -0.482. The van der Waals surface area contributed by atoms with Crippen LogP contribution in [0.3, 0.4) is 0 Å². The van der Waals surface area contributed by atoms with Crippen molar-refractivity contribution in [3.8, 4) is 0 Å². The molecule has 0 radical (unpaired) electrons. The monoisotopic (exact) mass is 257 g/mol. The average Bonchev–Trinajstić information content (AvgIpc) is 2.27. The van der Waals surface area contributed by atoms with Crippen LogP contribution in [0, 0.1) is 5.92 Å². The van der Waals surface area contributed by atoms with Crippen molar-refractivity contribution in [3.05, 3.63) is 35.4 Å². The van der Waals surface area contributed by atoms with E-state index < -0.39 is 6.10 Å². The Morgan fingerprint density at radius 1 is 0.941 bits per heavy atom. The van der Waals surface area contributed by atoms with Gasteiger partial charge in [0.25, 0.3) is 0 Å². The molecule has 0 aliphatic carbocycles. The van der Waals surface area contributed by atoms with Gasteiger partial charge in [0.05, 0.1) is 12.1 Å². The summed E-state index contributed by atoms with van der Waals surface area (Å²) in [6.45, 7) is 8.29. The van der Waals surface area contributed by atoms with Crippen LogP contribution < -0.4 is 5.73 Å². The predicted molar refractivity (Wildman–Crippen MR) is 75.6 cm³/mol. The van der Waals surface area contributed by atoms with Crippen LogP contribution in [0.2, 0.25) is 0 Å². The third-order valence-corrected chi connectivity index (χ3v) is 3.04. The lowest BCUT2D eigenvalue weighted by molar-refractivity contribution is 0.0979. The van der Waals surface area contributed by atoms with E-state index in [0.29, 0.717) is 5.92 Å². The van der Waals surface area contributed by atoms with Crippen molar-refractivity contribution in [1.82, 2.24) is 0 Å². The lowest BCUT2D eigenvalue weighted by Crippen LogP contribution is -2.30. The molecule has 1 aromatic rings. The minimum absolute atomic E-state index is 0. The molecule has 3 N–H and O–H groups in total. The highest BCUT2D eigenvalue weighted by atomic mass is 35.5. The zero-order valence-electron chi connectivity index (χ0n) is 11.1. The predicted octanol–water partition coefficient (Wildman–Crippen LogP) is 3.25. The molecule has 1 aromatic carbocycles. The van der Waals surface area contributed by atoms with E-state index in [4.69, 9.17) is 5.73 Å². The molecule has 1 rings (SSSR count). The normalized spacial score (nSPS) is 14.6. The molecule has 0 amide bonds. The van der Waals surface area contributed by atoms with E-state index in [2.05, 4.69) is 26.0 Å². The Hall–Kier alpha value is -0.570. The fourth-order valence-corrected chi connectivity index (χ4v) is 1.71. The first kappa shape index (κ1) is 16.4. The molecule has 0 heterocycles. The third-order valence-electron chi connectivity index (χ3n) is 3.04. The van der Waals surface area contributed by atoms with Crippen molar-refractivity contribution < 1.29 is 5.11 Å². The Labute approximate surface area is 111 Å². The van der Waals surface area contributed by atoms with Crippen molar-refractivity contribution in [2.24, 2.45) is 11.7 Å². The maximum Gasteiger partial charge on any atom is 0.0755 e. The highest BCUT2D eigenvalue weighted by Crippen LogP contribution is 2.22. The van der Waals surface area contributed by atoms with Crippen LogP contribution in [0.5, 0.6) is 0 Å². The van der Waals surface area contributed by atoms with Crippen LogP contribution in [0.1, 0.15) is 50.8 Å². The molecule has 0 aliphatic heterocycles. The summed E-state index contributed by atoms with van der Waals surface area (Å²) in [5.41, 5.74) is 8.32. The van der Waals surface area contributed by atoms with Gasteiger partial charge < -0.3 is 10.8 Å². The standard InChI is InChI=1S/C14H23NO.ClH/c1-9(2)11-5-7-12(8-6-11)13(15)14(16)10(3)4;/h5-10,13-14,16H,15H2,1-4H3;1H/t13-,14+;/m0./s1. The molecule has 0 saturated heterocycles. The number of aliphatic hydroxyl groups excluding tert-OH is 1. The van der Waals surface area contributed by atoms with Gasteiger partial charge in [-0.2, -0.15) is 0 Å². The minimum Gasteiger partial charge on any atom is -0.391 e. The molecule has 3 heteroatoms. The van der Waals surface area contributed by atoms with Gasteiger partial charge in [-0.25, -0.2) is 0 Å².